The van der Waals surface area contributed by atoms with Crippen LogP contribution in [-0.2, 0) is 20.4 Å². The van der Waals surface area contributed by atoms with Crippen LogP contribution in [0.1, 0.15) is 20.3 Å². The van der Waals surface area contributed by atoms with E-state index in [2.05, 4.69) is 11.6 Å². The summed E-state index contributed by atoms with van der Waals surface area (Å²) in [5.41, 5.74) is 0. The van der Waals surface area contributed by atoms with Gasteiger partial charge in [0.15, 0.2) is 0 Å². The van der Waals surface area contributed by atoms with Crippen LogP contribution in [0.5, 0.6) is 0 Å². The van der Waals surface area contributed by atoms with E-state index in [9.17, 15) is 8.42 Å². The maximum atomic E-state index is 11.9. The molecule has 0 saturated carbocycles. The van der Waals surface area contributed by atoms with Gasteiger partial charge in [-0.05, 0) is 12.1 Å². The Labute approximate surface area is 162 Å². The van der Waals surface area contributed by atoms with Gasteiger partial charge in [0.2, 0.25) is 10.0 Å². The van der Waals surface area contributed by atoms with Crippen LogP contribution in [0.2, 0.25) is 4.34 Å². The van der Waals surface area contributed by atoms with Crippen molar-refractivity contribution in [3.8, 4) is 0 Å². The average Bonchev–Trinajstić information content (AvgIpc) is 2.72. The minimum absolute atomic E-state index is 0. The first-order chi connectivity index (χ1) is 9.36. The van der Waals surface area contributed by atoms with E-state index >= 15 is 0 Å². The molecule has 0 spiro atoms. The van der Waals surface area contributed by atoms with Crippen LogP contribution in [0, 0.1) is 12.8 Å². The van der Waals surface area contributed by atoms with Gasteiger partial charge >= 0.3 is 40.0 Å². The van der Waals surface area contributed by atoms with Gasteiger partial charge in [-0.1, -0.05) is 37.8 Å². The first-order valence-corrected chi connectivity index (χ1v) is 9.75. The van der Waals surface area contributed by atoms with E-state index < -0.39 is 20.4 Å². The fraction of sp³-hybridized carbons (Fsp3) is 0.500. The van der Waals surface area contributed by atoms with E-state index in [1.54, 1.807) is 6.07 Å². The van der Waals surface area contributed by atoms with E-state index in [-0.39, 0.29) is 45.7 Å². The summed E-state index contributed by atoms with van der Waals surface area (Å²) in [7, 11) is -8.14. The number of nitrogens with one attached hydrogen (secondary N) is 1. The van der Waals surface area contributed by atoms with Gasteiger partial charge < -0.3 is 6.92 Å². The Hall–Kier alpha value is 0.770. The topological polar surface area (TPSA) is 121 Å². The summed E-state index contributed by atoms with van der Waals surface area (Å²) in [5.74, 6) is 0.199. The second-order valence-corrected chi connectivity index (χ2v) is 8.67. The molecular formula is C10H17ClNNaO6S3. The smallest absolute Gasteiger partial charge is 0.325 e. The molecule has 1 rings (SSSR count). The standard InChI is InChI=1S/C10H15ClNO2S2.Na.H2O4S/c1-4-7(2)8(3)12-16(13,14)10-6-5-9(11)15-10;;1-5(2,3)4/h5-8,12H,3-4H2,1-2H3;;(H2,1,2,3,4)/q-1;+1;. The molecule has 0 aliphatic rings. The summed E-state index contributed by atoms with van der Waals surface area (Å²) >= 11 is 6.75. The molecule has 2 atom stereocenters. The fourth-order valence-electron chi connectivity index (χ4n) is 1.10. The van der Waals surface area contributed by atoms with Gasteiger partial charge in [0.1, 0.15) is 4.21 Å². The Morgan fingerprint density at radius 2 is 1.77 bits per heavy atom. The van der Waals surface area contributed by atoms with Crippen LogP contribution in [-0.4, -0.2) is 32.0 Å². The number of hydrogen-bond donors (Lipinski definition) is 3. The molecule has 0 radical (unpaired) electrons. The first kappa shape index (κ1) is 25.0. The van der Waals surface area contributed by atoms with Crippen molar-refractivity contribution in [3.63, 3.8) is 0 Å². The van der Waals surface area contributed by atoms with Gasteiger partial charge in [-0.25, -0.2) is 13.1 Å². The van der Waals surface area contributed by atoms with Crippen LogP contribution in [0.4, 0.5) is 0 Å². The molecule has 0 bridgehead atoms. The van der Waals surface area contributed by atoms with Gasteiger partial charge in [-0.3, -0.25) is 9.11 Å². The maximum Gasteiger partial charge on any atom is 1.00 e. The fourth-order valence-corrected chi connectivity index (χ4v) is 3.86. The van der Waals surface area contributed by atoms with Crippen molar-refractivity contribution < 1.29 is 55.5 Å². The third-order valence-corrected chi connectivity index (χ3v) is 5.66. The molecule has 0 fully saturated rings. The molecule has 124 valence electrons. The largest absolute Gasteiger partial charge is 1.00 e. The van der Waals surface area contributed by atoms with Gasteiger partial charge in [-0.2, -0.15) is 8.42 Å². The van der Waals surface area contributed by atoms with Crippen molar-refractivity contribution in [1.82, 2.24) is 4.72 Å². The SMILES string of the molecule is O=S(=O)(O)O.[CH2-]C(NS(=O)(=O)c1ccc(Cl)s1)C(C)CC.[Na+]. The molecule has 12 heteroatoms. The molecule has 1 aromatic rings. The summed E-state index contributed by atoms with van der Waals surface area (Å²) in [6, 6.07) is 2.75. The van der Waals surface area contributed by atoms with Crippen molar-refractivity contribution in [2.24, 2.45) is 5.92 Å². The number of hydrogen-bond acceptors (Lipinski definition) is 5. The van der Waals surface area contributed by atoms with Crippen molar-refractivity contribution in [2.45, 2.75) is 30.5 Å². The summed E-state index contributed by atoms with van der Waals surface area (Å²) in [4.78, 5) is 0. The molecule has 22 heavy (non-hydrogen) atoms. The Bertz CT molecular complexity index is 637. The number of thiophene rings is 1. The Morgan fingerprint density at radius 1 is 1.32 bits per heavy atom. The monoisotopic (exact) mass is 401 g/mol. The number of sulfonamides is 1. The summed E-state index contributed by atoms with van der Waals surface area (Å²) in [6.45, 7) is 7.77. The van der Waals surface area contributed by atoms with Crippen LogP contribution >= 0.6 is 22.9 Å². The van der Waals surface area contributed by atoms with Gasteiger partial charge in [-0.15, -0.1) is 17.4 Å². The molecule has 0 aliphatic heterocycles. The van der Waals surface area contributed by atoms with E-state index in [1.807, 2.05) is 13.8 Å². The number of rotatable bonds is 5. The first-order valence-electron chi connectivity index (χ1n) is 5.67. The Morgan fingerprint density at radius 3 is 2.09 bits per heavy atom. The van der Waals surface area contributed by atoms with Crippen LogP contribution in [0.15, 0.2) is 16.3 Å². The maximum absolute atomic E-state index is 11.9. The molecule has 2 unspecified atom stereocenters. The van der Waals surface area contributed by atoms with Crippen molar-refractivity contribution in [1.29, 1.82) is 0 Å². The molecule has 7 nitrogen and oxygen atoms in total. The average molecular weight is 402 g/mol. The summed E-state index contributed by atoms with van der Waals surface area (Å²) in [6.07, 6.45) is 0.877. The third kappa shape index (κ3) is 11.3. The second-order valence-electron chi connectivity index (χ2n) is 4.12. The van der Waals surface area contributed by atoms with Crippen molar-refractivity contribution in [2.75, 3.05) is 0 Å². The molecule has 0 aliphatic carbocycles. The zero-order chi connectivity index (χ0) is 16.8. The second kappa shape index (κ2) is 10.6. The summed E-state index contributed by atoms with van der Waals surface area (Å²) < 4.78 is 58.6. The van der Waals surface area contributed by atoms with Crippen molar-refractivity contribution in [3.05, 3.63) is 23.4 Å². The van der Waals surface area contributed by atoms with Gasteiger partial charge in [0.25, 0.3) is 0 Å². The Balaban J connectivity index is 0. The third-order valence-electron chi connectivity index (χ3n) is 2.45. The normalized spacial score (nSPS) is 14.3. The van der Waals surface area contributed by atoms with Gasteiger partial charge in [0, 0.05) is 0 Å². The summed E-state index contributed by atoms with van der Waals surface area (Å²) in [5, 5.41) is 0. The molecule has 0 aromatic carbocycles. The zero-order valence-electron chi connectivity index (χ0n) is 12.4. The van der Waals surface area contributed by atoms with E-state index in [1.165, 1.54) is 6.07 Å². The predicted octanol–water partition coefficient (Wildman–Crippen LogP) is -0.720. The zero-order valence-corrected chi connectivity index (χ0v) is 17.6. The van der Waals surface area contributed by atoms with Crippen LogP contribution < -0.4 is 34.3 Å². The van der Waals surface area contributed by atoms with Crippen LogP contribution in [0.3, 0.4) is 0 Å². The molecule has 0 amide bonds. The number of halogens is 1. The van der Waals surface area contributed by atoms with Crippen LogP contribution in [0.25, 0.3) is 0 Å². The van der Waals surface area contributed by atoms with Crippen molar-refractivity contribution >= 4 is 43.4 Å². The minimum Gasteiger partial charge on any atom is -0.325 e. The predicted molar refractivity (Wildman–Crippen MR) is 82.4 cm³/mol. The van der Waals surface area contributed by atoms with E-state index in [0.29, 0.717) is 4.34 Å². The van der Waals surface area contributed by atoms with E-state index in [0.717, 1.165) is 17.8 Å². The quantitative estimate of drug-likeness (QED) is 0.340. The minimum atomic E-state index is -4.67. The Kier molecular flexibility index (Phi) is 12.0. The molecule has 1 aromatic heterocycles. The molecule has 1 heterocycles. The van der Waals surface area contributed by atoms with Gasteiger partial charge in [0.05, 0.1) is 4.34 Å². The van der Waals surface area contributed by atoms with E-state index in [4.69, 9.17) is 29.1 Å². The molecule has 0 saturated heterocycles. The molecule has 3 N–H and O–H groups in total. The molecular weight excluding hydrogens is 385 g/mol.